The summed E-state index contributed by atoms with van der Waals surface area (Å²) in [7, 11) is 0. The first-order valence-electron chi connectivity index (χ1n) is 9.35. The highest BCUT2D eigenvalue weighted by molar-refractivity contribution is 4.92. The first-order valence-corrected chi connectivity index (χ1v) is 9.35. The molecule has 0 heterocycles. The van der Waals surface area contributed by atoms with Crippen LogP contribution < -0.4 is 5.32 Å². The minimum absolute atomic E-state index is 0.486. The zero-order valence-corrected chi connectivity index (χ0v) is 15.1. The van der Waals surface area contributed by atoms with E-state index in [1.807, 2.05) is 0 Å². The molecule has 0 spiro atoms. The van der Waals surface area contributed by atoms with Crippen molar-refractivity contribution in [1.29, 1.82) is 0 Å². The molecule has 0 amide bonds. The smallest absolute Gasteiger partial charge is 0.0103 e. The summed E-state index contributed by atoms with van der Waals surface area (Å²) in [5, 5.41) is 3.86. The standard InChI is InChI=1S/C20H39N/c1-6-8-9-10-11-14-20(4,5)18-13-12-17(3)16-19(18)21-15-7-2/h6,17-19,21H,1,7-16H2,2-5H3. The first kappa shape index (κ1) is 18.7. The summed E-state index contributed by atoms with van der Waals surface area (Å²) < 4.78 is 0. The maximum Gasteiger partial charge on any atom is 0.0103 e. The van der Waals surface area contributed by atoms with Crippen LogP contribution >= 0.6 is 0 Å². The molecule has 0 aromatic rings. The third-order valence-corrected chi connectivity index (χ3v) is 5.50. The minimum atomic E-state index is 0.486. The van der Waals surface area contributed by atoms with E-state index in [0.29, 0.717) is 5.41 Å². The molecule has 0 radical (unpaired) electrons. The molecule has 0 aromatic heterocycles. The van der Waals surface area contributed by atoms with Crippen LogP contribution in [0.2, 0.25) is 0 Å². The number of rotatable bonds is 10. The van der Waals surface area contributed by atoms with E-state index < -0.39 is 0 Å². The number of nitrogens with one attached hydrogen (secondary N) is 1. The van der Waals surface area contributed by atoms with Crippen molar-refractivity contribution in [3.05, 3.63) is 12.7 Å². The molecule has 1 N–H and O–H groups in total. The van der Waals surface area contributed by atoms with Crippen LogP contribution in [0.5, 0.6) is 0 Å². The lowest BCUT2D eigenvalue weighted by atomic mass is 9.64. The summed E-state index contributed by atoms with van der Waals surface area (Å²) in [4.78, 5) is 0. The van der Waals surface area contributed by atoms with Crippen molar-refractivity contribution in [2.45, 2.75) is 91.5 Å². The largest absolute Gasteiger partial charge is 0.314 e. The molecule has 1 aliphatic carbocycles. The Morgan fingerprint density at radius 2 is 1.95 bits per heavy atom. The Morgan fingerprint density at radius 1 is 1.19 bits per heavy atom. The highest BCUT2D eigenvalue weighted by Gasteiger charge is 2.38. The quantitative estimate of drug-likeness (QED) is 0.387. The van der Waals surface area contributed by atoms with Crippen LogP contribution in [0.4, 0.5) is 0 Å². The molecule has 0 aliphatic heterocycles. The van der Waals surface area contributed by atoms with Crippen LogP contribution in [0.15, 0.2) is 12.7 Å². The fourth-order valence-corrected chi connectivity index (χ4v) is 4.10. The maximum atomic E-state index is 3.86. The Bertz CT molecular complexity index is 282. The molecular weight excluding hydrogens is 254 g/mol. The topological polar surface area (TPSA) is 12.0 Å². The maximum absolute atomic E-state index is 3.86. The molecular formula is C20H39N. The van der Waals surface area contributed by atoms with Gasteiger partial charge in [-0.05, 0) is 62.3 Å². The summed E-state index contributed by atoms with van der Waals surface area (Å²) in [5.41, 5.74) is 0.486. The molecule has 1 fully saturated rings. The Labute approximate surface area is 134 Å². The minimum Gasteiger partial charge on any atom is -0.314 e. The second-order valence-electron chi connectivity index (χ2n) is 7.96. The van der Waals surface area contributed by atoms with Crippen LogP contribution in [0, 0.1) is 17.3 Å². The van der Waals surface area contributed by atoms with Crippen LogP contribution in [0.3, 0.4) is 0 Å². The van der Waals surface area contributed by atoms with Gasteiger partial charge in [0.25, 0.3) is 0 Å². The van der Waals surface area contributed by atoms with Gasteiger partial charge < -0.3 is 5.32 Å². The summed E-state index contributed by atoms with van der Waals surface area (Å²) in [5.74, 6) is 1.76. The highest BCUT2D eigenvalue weighted by atomic mass is 14.9. The molecule has 21 heavy (non-hydrogen) atoms. The Balaban J connectivity index is 2.49. The number of allylic oxidation sites excluding steroid dienone is 1. The first-order chi connectivity index (χ1) is 10.0. The van der Waals surface area contributed by atoms with E-state index >= 15 is 0 Å². The number of unbranched alkanes of at least 4 members (excludes halogenated alkanes) is 3. The van der Waals surface area contributed by atoms with E-state index in [2.05, 4.69) is 45.7 Å². The molecule has 124 valence electrons. The van der Waals surface area contributed by atoms with Gasteiger partial charge in [-0.2, -0.15) is 0 Å². The van der Waals surface area contributed by atoms with Crippen molar-refractivity contribution < 1.29 is 0 Å². The van der Waals surface area contributed by atoms with Gasteiger partial charge in [-0.15, -0.1) is 6.58 Å². The van der Waals surface area contributed by atoms with Crippen LogP contribution in [0.25, 0.3) is 0 Å². The average molecular weight is 294 g/mol. The van der Waals surface area contributed by atoms with E-state index in [1.54, 1.807) is 0 Å². The predicted molar refractivity (Wildman–Crippen MR) is 95.6 cm³/mol. The molecule has 1 saturated carbocycles. The van der Waals surface area contributed by atoms with E-state index in [9.17, 15) is 0 Å². The van der Waals surface area contributed by atoms with E-state index in [-0.39, 0.29) is 0 Å². The molecule has 0 saturated heterocycles. The molecule has 1 nitrogen and oxygen atoms in total. The SMILES string of the molecule is C=CCCCCCC(C)(C)C1CCC(C)CC1NCCC. The fraction of sp³-hybridized carbons (Fsp3) is 0.900. The Hall–Kier alpha value is -0.300. The summed E-state index contributed by atoms with van der Waals surface area (Å²) >= 11 is 0. The molecule has 3 atom stereocenters. The average Bonchev–Trinajstić information content (AvgIpc) is 2.44. The lowest BCUT2D eigenvalue weighted by molar-refractivity contribution is 0.0843. The monoisotopic (exact) mass is 293 g/mol. The lowest BCUT2D eigenvalue weighted by Crippen LogP contribution is -2.47. The molecule has 0 aromatic carbocycles. The van der Waals surface area contributed by atoms with Crippen molar-refractivity contribution in [2.75, 3.05) is 6.54 Å². The van der Waals surface area contributed by atoms with Gasteiger partial charge >= 0.3 is 0 Å². The van der Waals surface area contributed by atoms with Gasteiger partial charge in [-0.1, -0.05) is 53.0 Å². The molecule has 3 unspecified atom stereocenters. The van der Waals surface area contributed by atoms with Gasteiger partial charge in [0.15, 0.2) is 0 Å². The van der Waals surface area contributed by atoms with E-state index in [1.165, 1.54) is 64.3 Å². The lowest BCUT2D eigenvalue weighted by Gasteiger charge is -2.45. The van der Waals surface area contributed by atoms with Crippen LogP contribution in [0.1, 0.15) is 85.5 Å². The van der Waals surface area contributed by atoms with Crippen molar-refractivity contribution in [3.8, 4) is 0 Å². The zero-order chi connectivity index (χ0) is 15.7. The normalized spacial score (nSPS) is 26.8. The fourth-order valence-electron chi connectivity index (χ4n) is 4.10. The predicted octanol–water partition coefficient (Wildman–Crippen LogP) is 5.95. The summed E-state index contributed by atoms with van der Waals surface area (Å²) in [6, 6.07) is 0.747. The zero-order valence-electron chi connectivity index (χ0n) is 15.1. The molecule has 0 bridgehead atoms. The second-order valence-corrected chi connectivity index (χ2v) is 7.96. The molecule has 1 rings (SSSR count). The second kappa shape index (κ2) is 9.66. The van der Waals surface area contributed by atoms with Gasteiger partial charge in [-0.3, -0.25) is 0 Å². The highest BCUT2D eigenvalue weighted by Crippen LogP contribution is 2.43. The molecule has 1 heteroatoms. The number of hydrogen-bond donors (Lipinski definition) is 1. The van der Waals surface area contributed by atoms with Crippen LogP contribution in [-0.2, 0) is 0 Å². The van der Waals surface area contributed by atoms with Crippen molar-refractivity contribution in [2.24, 2.45) is 17.3 Å². The van der Waals surface area contributed by atoms with Crippen LogP contribution in [-0.4, -0.2) is 12.6 Å². The summed E-state index contributed by atoms with van der Waals surface area (Å²) in [6.45, 7) is 14.7. The van der Waals surface area contributed by atoms with Gasteiger partial charge in [-0.25, -0.2) is 0 Å². The van der Waals surface area contributed by atoms with Crippen molar-refractivity contribution in [1.82, 2.24) is 5.32 Å². The molecule has 1 aliphatic rings. The van der Waals surface area contributed by atoms with Gasteiger partial charge in [0.1, 0.15) is 0 Å². The summed E-state index contributed by atoms with van der Waals surface area (Å²) in [6.07, 6.45) is 14.2. The number of hydrogen-bond acceptors (Lipinski definition) is 1. The van der Waals surface area contributed by atoms with E-state index in [4.69, 9.17) is 0 Å². The Morgan fingerprint density at radius 3 is 2.62 bits per heavy atom. The van der Waals surface area contributed by atoms with Crippen molar-refractivity contribution >= 4 is 0 Å². The Kier molecular flexibility index (Phi) is 8.63. The van der Waals surface area contributed by atoms with E-state index in [0.717, 1.165) is 17.9 Å². The third kappa shape index (κ3) is 6.55. The third-order valence-electron chi connectivity index (χ3n) is 5.50. The van der Waals surface area contributed by atoms with Crippen molar-refractivity contribution in [3.63, 3.8) is 0 Å². The van der Waals surface area contributed by atoms with Gasteiger partial charge in [0, 0.05) is 6.04 Å². The van der Waals surface area contributed by atoms with Gasteiger partial charge in [0.05, 0.1) is 0 Å². The van der Waals surface area contributed by atoms with Gasteiger partial charge in [0.2, 0.25) is 0 Å².